The Morgan fingerprint density at radius 2 is 2.27 bits per heavy atom. The largest absolute Gasteiger partial charge is 0.305 e. The lowest BCUT2D eigenvalue weighted by atomic mass is 9.92. The molecule has 0 radical (unpaired) electrons. The first-order chi connectivity index (χ1) is 7.31. The highest BCUT2D eigenvalue weighted by molar-refractivity contribution is 6.01. The first-order valence-corrected chi connectivity index (χ1v) is 5.21. The van der Waals surface area contributed by atoms with Crippen molar-refractivity contribution in [2.75, 3.05) is 0 Å². The number of rotatable bonds is 2. The van der Waals surface area contributed by atoms with E-state index in [-0.39, 0.29) is 0 Å². The van der Waals surface area contributed by atoms with Crippen LogP contribution in [-0.2, 0) is 0 Å². The molecule has 0 amide bonds. The molecule has 0 bridgehead atoms. The Morgan fingerprint density at radius 3 is 2.93 bits per heavy atom. The quantitative estimate of drug-likeness (QED) is 0.778. The first kappa shape index (κ1) is 9.84. The van der Waals surface area contributed by atoms with Crippen molar-refractivity contribution in [1.29, 1.82) is 5.41 Å². The minimum atomic E-state index is 0.687. The molecular weight excluding hydrogens is 184 g/mol. The molecule has 1 N–H and O–H groups in total. The topological polar surface area (TPSA) is 36.7 Å². The minimum Gasteiger partial charge on any atom is -0.305 e. The second kappa shape index (κ2) is 4.22. The number of nitrogens with one attached hydrogen (secondary N) is 1. The maximum Gasteiger partial charge on any atom is 0.0701 e. The maximum atomic E-state index is 7.63. The summed E-state index contributed by atoms with van der Waals surface area (Å²) in [5, 5.41) is 7.63. The number of aromatic nitrogens is 1. The summed E-state index contributed by atoms with van der Waals surface area (Å²) >= 11 is 0. The fourth-order valence-corrected chi connectivity index (χ4v) is 1.77. The molecular formula is C13H14N2. The van der Waals surface area contributed by atoms with Gasteiger partial charge in [0.25, 0.3) is 0 Å². The molecule has 76 valence electrons. The van der Waals surface area contributed by atoms with Gasteiger partial charge in [0.1, 0.15) is 0 Å². The predicted molar refractivity (Wildman–Crippen MR) is 62.9 cm³/mol. The molecule has 1 heterocycles. The first-order valence-electron chi connectivity index (χ1n) is 5.21. The van der Waals surface area contributed by atoms with Gasteiger partial charge in [0.05, 0.1) is 5.69 Å². The van der Waals surface area contributed by atoms with Gasteiger partial charge in [-0.3, -0.25) is 4.98 Å². The smallest absolute Gasteiger partial charge is 0.0701 e. The fourth-order valence-electron chi connectivity index (χ4n) is 1.77. The van der Waals surface area contributed by atoms with Gasteiger partial charge < -0.3 is 5.41 Å². The monoisotopic (exact) mass is 198 g/mol. The van der Waals surface area contributed by atoms with Gasteiger partial charge in [0.15, 0.2) is 0 Å². The summed E-state index contributed by atoms with van der Waals surface area (Å²) in [7, 11) is 0. The van der Waals surface area contributed by atoms with Crippen molar-refractivity contribution in [2.45, 2.75) is 19.8 Å². The molecule has 0 spiro atoms. The zero-order valence-corrected chi connectivity index (χ0v) is 8.83. The van der Waals surface area contributed by atoms with Gasteiger partial charge in [-0.25, -0.2) is 0 Å². The van der Waals surface area contributed by atoms with Crippen LogP contribution < -0.4 is 0 Å². The number of nitrogens with zero attached hydrogens (tertiary/aromatic N) is 1. The number of hydrogen-bond donors (Lipinski definition) is 1. The van der Waals surface area contributed by atoms with Crippen LogP contribution in [0.5, 0.6) is 0 Å². The second-order valence-corrected chi connectivity index (χ2v) is 3.59. The third-order valence-electron chi connectivity index (χ3n) is 2.54. The Kier molecular flexibility index (Phi) is 2.77. The fraction of sp³-hybridized carbons (Fsp3) is 0.231. The summed E-state index contributed by atoms with van der Waals surface area (Å²) < 4.78 is 0. The van der Waals surface area contributed by atoms with Crippen molar-refractivity contribution in [2.24, 2.45) is 0 Å². The van der Waals surface area contributed by atoms with Gasteiger partial charge in [-0.1, -0.05) is 19.1 Å². The van der Waals surface area contributed by atoms with Gasteiger partial charge >= 0.3 is 0 Å². The van der Waals surface area contributed by atoms with Crippen LogP contribution in [0.3, 0.4) is 0 Å². The molecule has 0 saturated carbocycles. The Morgan fingerprint density at radius 1 is 1.40 bits per heavy atom. The molecule has 0 saturated heterocycles. The molecule has 1 aliphatic carbocycles. The minimum absolute atomic E-state index is 0.687. The number of pyridine rings is 1. The van der Waals surface area contributed by atoms with Crippen molar-refractivity contribution in [3.05, 3.63) is 47.8 Å². The Hall–Kier alpha value is -1.70. The Balaban J connectivity index is 2.38. The van der Waals surface area contributed by atoms with Crippen molar-refractivity contribution in [1.82, 2.24) is 4.98 Å². The zero-order valence-electron chi connectivity index (χ0n) is 8.83. The van der Waals surface area contributed by atoms with Gasteiger partial charge in [-0.05, 0) is 35.8 Å². The Bertz CT molecular complexity index is 427. The predicted octanol–water partition coefficient (Wildman–Crippen LogP) is 3.22. The van der Waals surface area contributed by atoms with Crippen molar-refractivity contribution >= 4 is 11.3 Å². The van der Waals surface area contributed by atoms with E-state index in [1.54, 1.807) is 0 Å². The molecule has 2 heteroatoms. The van der Waals surface area contributed by atoms with Crippen LogP contribution in [0.4, 0.5) is 0 Å². The number of hydrogen-bond acceptors (Lipinski definition) is 2. The van der Waals surface area contributed by atoms with Crippen LogP contribution >= 0.6 is 0 Å². The second-order valence-electron chi connectivity index (χ2n) is 3.59. The Labute approximate surface area is 89.9 Å². The molecule has 2 nitrogen and oxygen atoms in total. The highest BCUT2D eigenvalue weighted by Crippen LogP contribution is 2.27. The van der Waals surface area contributed by atoms with Crippen molar-refractivity contribution < 1.29 is 0 Å². The van der Waals surface area contributed by atoms with E-state index in [2.05, 4.69) is 18.0 Å². The van der Waals surface area contributed by atoms with E-state index in [0.29, 0.717) is 5.71 Å². The number of allylic oxidation sites excluding steroid dienone is 4. The molecule has 2 rings (SSSR count). The maximum absolute atomic E-state index is 7.63. The van der Waals surface area contributed by atoms with E-state index >= 15 is 0 Å². The lowest BCUT2D eigenvalue weighted by Crippen LogP contribution is -2.02. The summed E-state index contributed by atoms with van der Waals surface area (Å²) in [5.41, 5.74) is 4.10. The van der Waals surface area contributed by atoms with Crippen LogP contribution in [0.25, 0.3) is 5.57 Å². The standard InChI is InChI=1S/C13H14N2/c1-2-10-9-11(14)6-7-12(10)13-5-3-4-8-15-13/h3-5,7-9,14H,2,6H2,1H3. The van der Waals surface area contributed by atoms with Crippen LogP contribution in [0.15, 0.2) is 42.1 Å². The molecule has 1 aromatic rings. The zero-order chi connectivity index (χ0) is 10.7. The molecule has 1 aliphatic rings. The van der Waals surface area contributed by atoms with Gasteiger partial charge in [0, 0.05) is 18.3 Å². The lowest BCUT2D eigenvalue weighted by molar-refractivity contribution is 1.12. The highest BCUT2D eigenvalue weighted by atomic mass is 14.7. The van der Waals surface area contributed by atoms with E-state index in [1.807, 2.05) is 30.5 Å². The summed E-state index contributed by atoms with van der Waals surface area (Å²) in [6, 6.07) is 5.94. The molecule has 15 heavy (non-hydrogen) atoms. The average molecular weight is 198 g/mol. The van der Waals surface area contributed by atoms with Crippen molar-refractivity contribution in [3.8, 4) is 0 Å². The van der Waals surface area contributed by atoms with Gasteiger partial charge in [-0.2, -0.15) is 0 Å². The third-order valence-corrected chi connectivity index (χ3v) is 2.54. The lowest BCUT2D eigenvalue weighted by Gasteiger charge is -2.14. The van der Waals surface area contributed by atoms with E-state index in [0.717, 1.165) is 18.5 Å². The molecule has 0 aromatic carbocycles. The summed E-state index contributed by atoms with van der Waals surface area (Å²) in [6.45, 7) is 2.11. The van der Waals surface area contributed by atoms with Crippen LogP contribution in [-0.4, -0.2) is 10.7 Å². The normalized spacial score (nSPS) is 15.9. The molecule has 0 aliphatic heterocycles. The highest BCUT2D eigenvalue weighted by Gasteiger charge is 2.12. The van der Waals surface area contributed by atoms with Crippen LogP contribution in [0.2, 0.25) is 0 Å². The molecule has 0 unspecified atom stereocenters. The van der Waals surface area contributed by atoms with Crippen LogP contribution in [0.1, 0.15) is 25.5 Å². The summed E-state index contributed by atoms with van der Waals surface area (Å²) in [4.78, 5) is 4.35. The summed E-state index contributed by atoms with van der Waals surface area (Å²) in [6.07, 6.45) is 7.54. The van der Waals surface area contributed by atoms with E-state index in [4.69, 9.17) is 5.41 Å². The van der Waals surface area contributed by atoms with E-state index in [9.17, 15) is 0 Å². The van der Waals surface area contributed by atoms with Gasteiger partial charge in [0.2, 0.25) is 0 Å². The summed E-state index contributed by atoms with van der Waals surface area (Å²) in [5.74, 6) is 0. The molecule has 1 aromatic heterocycles. The average Bonchev–Trinajstić information content (AvgIpc) is 2.30. The molecule has 0 fully saturated rings. The van der Waals surface area contributed by atoms with Crippen molar-refractivity contribution in [3.63, 3.8) is 0 Å². The van der Waals surface area contributed by atoms with E-state index < -0.39 is 0 Å². The SMILES string of the molecule is CCC1=CC(=N)CC=C1c1ccccn1. The molecule has 0 atom stereocenters. The van der Waals surface area contributed by atoms with Gasteiger partial charge in [-0.15, -0.1) is 0 Å². The third kappa shape index (κ3) is 2.04. The van der Waals surface area contributed by atoms with Crippen LogP contribution in [0, 0.1) is 5.41 Å². The van der Waals surface area contributed by atoms with E-state index in [1.165, 1.54) is 11.1 Å².